The maximum absolute atomic E-state index is 11.6. The van der Waals surface area contributed by atoms with Crippen molar-refractivity contribution in [2.45, 2.75) is 20.3 Å². The highest BCUT2D eigenvalue weighted by Crippen LogP contribution is 2.48. The average molecular weight is 190 g/mol. The van der Waals surface area contributed by atoms with Crippen molar-refractivity contribution in [3.05, 3.63) is 0 Å². The van der Waals surface area contributed by atoms with E-state index in [2.05, 4.69) is 0 Å². The Morgan fingerprint density at radius 2 is 2.17 bits per heavy atom. The van der Waals surface area contributed by atoms with Crippen molar-refractivity contribution in [3.8, 4) is 5.81 Å². The van der Waals surface area contributed by atoms with E-state index in [1.165, 1.54) is 7.11 Å². The van der Waals surface area contributed by atoms with Crippen molar-refractivity contribution >= 4 is 7.52 Å². The van der Waals surface area contributed by atoms with Gasteiger partial charge in [-0.1, -0.05) is 13.8 Å². The number of hydrogen-bond acceptors (Lipinski definition) is 3. The molecule has 0 aromatic heterocycles. The molecule has 0 radical (unpaired) electrons. The van der Waals surface area contributed by atoms with Gasteiger partial charge in [0.2, 0.25) is 0 Å². The molecule has 0 aliphatic carbocycles. The number of nitrogens with zero attached hydrogens (tertiary/aromatic N) is 2. The molecule has 1 atom stereocenters. The molecule has 0 amide bonds. The molecule has 1 unspecified atom stereocenters. The maximum Gasteiger partial charge on any atom is 0.370 e. The predicted molar refractivity (Wildman–Crippen MR) is 47.8 cm³/mol. The molecular weight excluding hydrogens is 175 g/mol. The molecule has 4 nitrogen and oxygen atoms in total. The summed E-state index contributed by atoms with van der Waals surface area (Å²) >= 11 is 0. The lowest BCUT2D eigenvalue weighted by molar-refractivity contribution is 0.321. The zero-order chi connectivity index (χ0) is 9.61. The van der Waals surface area contributed by atoms with Gasteiger partial charge in [-0.25, -0.2) is 4.67 Å². The van der Waals surface area contributed by atoms with Crippen LogP contribution in [0.3, 0.4) is 0 Å². The Balaban J connectivity index is 4.47. The van der Waals surface area contributed by atoms with Crippen molar-refractivity contribution in [1.82, 2.24) is 4.67 Å². The van der Waals surface area contributed by atoms with E-state index < -0.39 is 7.52 Å². The third-order valence-corrected chi connectivity index (χ3v) is 3.57. The normalized spacial score (nSPS) is 15.6. The fraction of sp³-hybridized carbons (Fsp3) is 0.857. The lowest BCUT2D eigenvalue weighted by Gasteiger charge is -2.22. The molecule has 0 bridgehead atoms. The van der Waals surface area contributed by atoms with Crippen LogP contribution in [0.4, 0.5) is 0 Å². The Morgan fingerprint density at radius 1 is 1.58 bits per heavy atom. The van der Waals surface area contributed by atoms with Crippen LogP contribution >= 0.6 is 7.52 Å². The highest BCUT2D eigenvalue weighted by Gasteiger charge is 2.28. The summed E-state index contributed by atoms with van der Waals surface area (Å²) in [5.41, 5.74) is 0. The minimum Gasteiger partial charge on any atom is -0.310 e. The summed E-state index contributed by atoms with van der Waals surface area (Å²) in [6, 6.07) is 0. The van der Waals surface area contributed by atoms with E-state index in [0.717, 1.165) is 6.42 Å². The van der Waals surface area contributed by atoms with Gasteiger partial charge in [0.25, 0.3) is 0 Å². The number of nitriles is 1. The fourth-order valence-electron chi connectivity index (χ4n) is 0.954. The Bertz CT molecular complexity index is 212. The summed E-state index contributed by atoms with van der Waals surface area (Å²) in [5.74, 6) is 1.72. The van der Waals surface area contributed by atoms with Gasteiger partial charge in [0.05, 0.1) is 0 Å². The Morgan fingerprint density at radius 3 is 2.42 bits per heavy atom. The minimum atomic E-state index is -3.17. The van der Waals surface area contributed by atoms with E-state index in [1.54, 1.807) is 10.5 Å². The van der Waals surface area contributed by atoms with Crippen LogP contribution in [0.15, 0.2) is 0 Å². The zero-order valence-electron chi connectivity index (χ0n) is 7.78. The molecule has 0 rings (SSSR count). The quantitative estimate of drug-likeness (QED) is 0.622. The Labute approximate surface area is 73.6 Å². The largest absolute Gasteiger partial charge is 0.370 e. The summed E-state index contributed by atoms with van der Waals surface area (Å²) in [5, 5.41) is 8.63. The highest BCUT2D eigenvalue weighted by atomic mass is 31.2. The summed E-state index contributed by atoms with van der Waals surface area (Å²) in [4.78, 5) is 0. The molecule has 0 aromatic carbocycles. The topological polar surface area (TPSA) is 53.3 Å². The van der Waals surface area contributed by atoms with E-state index in [0.29, 0.717) is 13.1 Å². The van der Waals surface area contributed by atoms with Crippen LogP contribution < -0.4 is 0 Å². The van der Waals surface area contributed by atoms with E-state index in [1.807, 2.05) is 13.8 Å². The summed E-state index contributed by atoms with van der Waals surface area (Å²) in [7, 11) is -1.86. The minimum absolute atomic E-state index is 0.576. The van der Waals surface area contributed by atoms with Crippen LogP contribution in [-0.4, -0.2) is 24.9 Å². The van der Waals surface area contributed by atoms with Crippen LogP contribution in [0, 0.1) is 11.1 Å². The molecule has 0 N–H and O–H groups in total. The van der Waals surface area contributed by atoms with Crippen molar-refractivity contribution in [1.29, 1.82) is 5.26 Å². The number of rotatable bonds is 5. The zero-order valence-corrected chi connectivity index (χ0v) is 8.67. The summed E-state index contributed by atoms with van der Waals surface area (Å²) in [6.07, 6.45) is 0.864. The molecule has 70 valence electrons. The molecule has 0 spiro atoms. The molecule has 5 heteroatoms. The average Bonchev–Trinajstić information content (AvgIpc) is 2.13. The fourth-order valence-corrected chi connectivity index (χ4v) is 2.23. The van der Waals surface area contributed by atoms with Crippen molar-refractivity contribution in [2.75, 3.05) is 20.2 Å². The predicted octanol–water partition coefficient (Wildman–Crippen LogP) is 2.04. The first kappa shape index (κ1) is 11.6. The van der Waals surface area contributed by atoms with Gasteiger partial charge >= 0.3 is 7.52 Å². The van der Waals surface area contributed by atoms with Gasteiger partial charge in [-0.2, -0.15) is 5.26 Å². The molecule has 0 fully saturated rings. The van der Waals surface area contributed by atoms with E-state index >= 15 is 0 Å². The van der Waals surface area contributed by atoms with E-state index in [-0.39, 0.29) is 0 Å². The van der Waals surface area contributed by atoms with Crippen molar-refractivity contribution in [3.63, 3.8) is 0 Å². The molecule has 0 aromatic rings. The molecule has 0 aliphatic rings. The van der Waals surface area contributed by atoms with Crippen LogP contribution in [0.25, 0.3) is 0 Å². The second-order valence-corrected chi connectivity index (χ2v) is 4.52. The third kappa shape index (κ3) is 2.60. The van der Waals surface area contributed by atoms with Crippen LogP contribution in [0.2, 0.25) is 0 Å². The van der Waals surface area contributed by atoms with Crippen molar-refractivity contribution in [2.24, 2.45) is 0 Å². The molecular formula is C7H15N2O2P. The van der Waals surface area contributed by atoms with Crippen molar-refractivity contribution < 1.29 is 9.09 Å². The van der Waals surface area contributed by atoms with Gasteiger partial charge in [0.15, 0.2) is 5.81 Å². The monoisotopic (exact) mass is 190 g/mol. The first-order valence-electron chi connectivity index (χ1n) is 3.97. The van der Waals surface area contributed by atoms with Gasteiger partial charge in [-0.3, -0.25) is 4.57 Å². The van der Waals surface area contributed by atoms with Crippen LogP contribution in [0.1, 0.15) is 20.3 Å². The number of hydrogen-bond donors (Lipinski definition) is 0. The SMILES string of the molecule is CCCN(CC)P(=O)(C#N)OC. The standard InChI is InChI=1S/C7H15N2O2P/c1-4-6-9(5-2)12(10,7-8)11-3/h4-6H2,1-3H3. The van der Waals surface area contributed by atoms with Crippen LogP contribution in [-0.2, 0) is 9.09 Å². The summed E-state index contributed by atoms with van der Waals surface area (Å²) < 4.78 is 17.9. The molecule has 0 aliphatic heterocycles. The second-order valence-electron chi connectivity index (χ2n) is 2.35. The van der Waals surface area contributed by atoms with E-state index in [9.17, 15) is 4.57 Å². The van der Waals surface area contributed by atoms with E-state index in [4.69, 9.17) is 9.79 Å². The van der Waals surface area contributed by atoms with Crippen LogP contribution in [0.5, 0.6) is 0 Å². The van der Waals surface area contributed by atoms with Gasteiger partial charge in [-0.15, -0.1) is 0 Å². The molecule has 0 saturated heterocycles. The van der Waals surface area contributed by atoms with Gasteiger partial charge in [0.1, 0.15) is 0 Å². The smallest absolute Gasteiger partial charge is 0.310 e. The van der Waals surface area contributed by atoms with Gasteiger partial charge in [0, 0.05) is 20.2 Å². The van der Waals surface area contributed by atoms with Gasteiger partial charge in [-0.05, 0) is 6.42 Å². The third-order valence-electron chi connectivity index (χ3n) is 1.59. The summed E-state index contributed by atoms with van der Waals surface area (Å²) in [6.45, 7) is 5.04. The highest BCUT2D eigenvalue weighted by molar-refractivity contribution is 7.61. The first-order valence-corrected chi connectivity index (χ1v) is 5.54. The Hall–Kier alpha value is -0.360. The second kappa shape index (κ2) is 5.31. The molecule has 0 heterocycles. The van der Waals surface area contributed by atoms with Gasteiger partial charge < -0.3 is 4.52 Å². The lowest BCUT2D eigenvalue weighted by atomic mass is 10.5. The maximum atomic E-state index is 11.6. The lowest BCUT2D eigenvalue weighted by Crippen LogP contribution is -2.20. The molecule has 12 heavy (non-hydrogen) atoms. The first-order chi connectivity index (χ1) is 5.64. The molecule has 0 saturated carbocycles. The Kier molecular flexibility index (Phi) is 5.16.